The molecule has 0 bridgehead atoms. The van der Waals surface area contributed by atoms with Gasteiger partial charge in [0.15, 0.2) is 0 Å². The van der Waals surface area contributed by atoms with Crippen molar-refractivity contribution in [2.45, 2.75) is 46.1 Å². The first-order valence-corrected chi connectivity index (χ1v) is 6.81. The van der Waals surface area contributed by atoms with Crippen LogP contribution in [-0.4, -0.2) is 5.91 Å². The average molecular weight is 248 g/mol. The highest BCUT2D eigenvalue weighted by atomic mass is 16.1. The molecule has 100 valence electrons. The van der Waals surface area contributed by atoms with E-state index < -0.39 is 0 Å². The molecule has 1 amide bonds. The molecule has 0 radical (unpaired) electrons. The van der Waals surface area contributed by atoms with E-state index in [-0.39, 0.29) is 11.8 Å². The molecule has 1 rings (SSSR count). The van der Waals surface area contributed by atoms with Gasteiger partial charge in [-0.15, -0.1) is 0 Å². The largest absolute Gasteiger partial charge is 0.326 e. The van der Waals surface area contributed by atoms with Crippen molar-refractivity contribution in [3.8, 4) is 0 Å². The summed E-state index contributed by atoms with van der Waals surface area (Å²) >= 11 is 0. The molecule has 0 aromatic heterocycles. The first kappa shape index (κ1) is 14.7. The van der Waals surface area contributed by atoms with Crippen LogP contribution in [0.3, 0.4) is 0 Å². The molecular weight excluding hydrogens is 224 g/mol. The Morgan fingerprint density at radius 1 is 1.39 bits per heavy atom. The van der Waals surface area contributed by atoms with Gasteiger partial charge in [0.05, 0.1) is 0 Å². The quantitative estimate of drug-likeness (QED) is 0.778. The zero-order valence-electron chi connectivity index (χ0n) is 11.4. The molecule has 0 heterocycles. The summed E-state index contributed by atoms with van der Waals surface area (Å²) in [6.07, 6.45) is 4.10. The molecule has 0 fully saturated rings. The SMILES string of the molecule is CCCCC(CC)C(=O)Nc1cccc(CN)c1. The first-order valence-electron chi connectivity index (χ1n) is 6.81. The van der Waals surface area contributed by atoms with Crippen LogP contribution in [0.25, 0.3) is 0 Å². The van der Waals surface area contributed by atoms with Gasteiger partial charge >= 0.3 is 0 Å². The maximum atomic E-state index is 12.1. The predicted molar refractivity (Wildman–Crippen MR) is 76.3 cm³/mol. The zero-order valence-corrected chi connectivity index (χ0v) is 11.4. The van der Waals surface area contributed by atoms with E-state index in [4.69, 9.17) is 5.73 Å². The van der Waals surface area contributed by atoms with Crippen molar-refractivity contribution in [3.05, 3.63) is 29.8 Å². The first-order chi connectivity index (χ1) is 8.71. The number of benzene rings is 1. The summed E-state index contributed by atoms with van der Waals surface area (Å²) in [6, 6.07) is 7.73. The highest BCUT2D eigenvalue weighted by Crippen LogP contribution is 2.17. The van der Waals surface area contributed by atoms with Crippen LogP contribution in [0.2, 0.25) is 0 Å². The minimum Gasteiger partial charge on any atom is -0.326 e. The summed E-state index contributed by atoms with van der Waals surface area (Å²) in [6.45, 7) is 4.71. The lowest BCUT2D eigenvalue weighted by Crippen LogP contribution is -2.22. The van der Waals surface area contributed by atoms with Crippen molar-refractivity contribution < 1.29 is 4.79 Å². The van der Waals surface area contributed by atoms with Crippen LogP contribution >= 0.6 is 0 Å². The summed E-state index contributed by atoms with van der Waals surface area (Å²) in [5, 5.41) is 2.98. The second-order valence-electron chi connectivity index (χ2n) is 4.64. The molecule has 3 nitrogen and oxygen atoms in total. The Labute approximate surface area is 110 Å². The molecule has 1 atom stereocenters. The molecule has 18 heavy (non-hydrogen) atoms. The van der Waals surface area contributed by atoms with Gasteiger partial charge in [-0.1, -0.05) is 38.8 Å². The van der Waals surface area contributed by atoms with E-state index >= 15 is 0 Å². The van der Waals surface area contributed by atoms with E-state index in [9.17, 15) is 4.79 Å². The summed E-state index contributed by atoms with van der Waals surface area (Å²) in [5.41, 5.74) is 7.47. The van der Waals surface area contributed by atoms with E-state index in [1.807, 2.05) is 24.3 Å². The minimum absolute atomic E-state index is 0.117. The summed E-state index contributed by atoms with van der Waals surface area (Å²) in [7, 11) is 0. The number of anilines is 1. The van der Waals surface area contributed by atoms with E-state index in [2.05, 4.69) is 19.2 Å². The van der Waals surface area contributed by atoms with E-state index in [0.717, 1.165) is 36.9 Å². The normalized spacial score (nSPS) is 12.2. The standard InChI is InChI=1S/C15H24N2O/c1-3-5-8-13(4-2)15(18)17-14-9-6-7-12(10-14)11-16/h6-7,9-10,13H,3-5,8,11,16H2,1-2H3,(H,17,18). The highest BCUT2D eigenvalue weighted by molar-refractivity contribution is 5.92. The van der Waals surface area contributed by atoms with Gasteiger partial charge in [0.25, 0.3) is 0 Å². The summed E-state index contributed by atoms with van der Waals surface area (Å²) in [4.78, 5) is 12.1. The predicted octanol–water partition coefficient (Wildman–Crippen LogP) is 3.30. The molecule has 1 aromatic carbocycles. The van der Waals surface area contributed by atoms with Gasteiger partial charge in [-0.3, -0.25) is 4.79 Å². The molecule has 1 aromatic rings. The Bertz CT molecular complexity index is 377. The number of amides is 1. The highest BCUT2D eigenvalue weighted by Gasteiger charge is 2.15. The van der Waals surface area contributed by atoms with E-state index in [1.54, 1.807) is 0 Å². The van der Waals surface area contributed by atoms with Crippen molar-refractivity contribution >= 4 is 11.6 Å². The van der Waals surface area contributed by atoms with Crippen LogP contribution in [0.1, 0.15) is 45.1 Å². The number of nitrogens with two attached hydrogens (primary N) is 1. The van der Waals surface area contributed by atoms with Crippen molar-refractivity contribution in [2.24, 2.45) is 11.7 Å². The maximum absolute atomic E-state index is 12.1. The van der Waals surface area contributed by atoms with E-state index in [0.29, 0.717) is 6.54 Å². The Morgan fingerprint density at radius 3 is 2.78 bits per heavy atom. The van der Waals surface area contributed by atoms with Crippen LogP contribution in [0.5, 0.6) is 0 Å². The molecule has 3 N–H and O–H groups in total. The fourth-order valence-electron chi connectivity index (χ4n) is 1.99. The second-order valence-corrected chi connectivity index (χ2v) is 4.64. The Morgan fingerprint density at radius 2 is 2.17 bits per heavy atom. The van der Waals surface area contributed by atoms with Crippen molar-refractivity contribution in [1.82, 2.24) is 0 Å². The molecule has 0 aliphatic rings. The average Bonchev–Trinajstić information content (AvgIpc) is 2.40. The van der Waals surface area contributed by atoms with Crippen molar-refractivity contribution in [3.63, 3.8) is 0 Å². The van der Waals surface area contributed by atoms with Gasteiger partial charge in [-0.2, -0.15) is 0 Å². The topological polar surface area (TPSA) is 55.1 Å². The van der Waals surface area contributed by atoms with Gasteiger partial charge in [0.1, 0.15) is 0 Å². The fraction of sp³-hybridized carbons (Fsp3) is 0.533. The minimum atomic E-state index is 0.117. The summed E-state index contributed by atoms with van der Waals surface area (Å²) in [5.74, 6) is 0.242. The number of nitrogens with one attached hydrogen (secondary N) is 1. The molecule has 0 aliphatic carbocycles. The maximum Gasteiger partial charge on any atom is 0.227 e. The van der Waals surface area contributed by atoms with Crippen LogP contribution in [0, 0.1) is 5.92 Å². The number of hydrogen-bond donors (Lipinski definition) is 2. The zero-order chi connectivity index (χ0) is 13.4. The van der Waals surface area contributed by atoms with Gasteiger partial charge < -0.3 is 11.1 Å². The third-order valence-electron chi connectivity index (χ3n) is 3.20. The van der Waals surface area contributed by atoms with Crippen molar-refractivity contribution in [1.29, 1.82) is 0 Å². The van der Waals surface area contributed by atoms with Gasteiger partial charge in [0, 0.05) is 18.2 Å². The third-order valence-corrected chi connectivity index (χ3v) is 3.20. The van der Waals surface area contributed by atoms with Crippen molar-refractivity contribution in [2.75, 3.05) is 5.32 Å². The lowest BCUT2D eigenvalue weighted by Gasteiger charge is -2.15. The number of carbonyl (C=O) groups is 1. The smallest absolute Gasteiger partial charge is 0.227 e. The number of hydrogen-bond acceptors (Lipinski definition) is 2. The Hall–Kier alpha value is -1.35. The Balaban J connectivity index is 2.61. The van der Waals surface area contributed by atoms with E-state index in [1.165, 1.54) is 0 Å². The monoisotopic (exact) mass is 248 g/mol. The molecule has 1 unspecified atom stereocenters. The number of rotatable bonds is 7. The van der Waals surface area contributed by atoms with Gasteiger partial charge in [-0.25, -0.2) is 0 Å². The lowest BCUT2D eigenvalue weighted by atomic mass is 9.98. The number of unbranched alkanes of at least 4 members (excludes halogenated alkanes) is 1. The molecule has 0 spiro atoms. The molecule has 0 saturated heterocycles. The van der Waals surface area contributed by atoms with Crippen LogP contribution < -0.4 is 11.1 Å². The van der Waals surface area contributed by atoms with Gasteiger partial charge in [0.2, 0.25) is 5.91 Å². The van der Waals surface area contributed by atoms with Crippen LogP contribution in [0.4, 0.5) is 5.69 Å². The molecule has 0 saturated carbocycles. The molecule has 3 heteroatoms. The summed E-state index contributed by atoms with van der Waals surface area (Å²) < 4.78 is 0. The lowest BCUT2D eigenvalue weighted by molar-refractivity contribution is -0.120. The van der Waals surface area contributed by atoms with Crippen LogP contribution in [-0.2, 0) is 11.3 Å². The third kappa shape index (κ3) is 4.49. The second kappa shape index (κ2) is 7.88. The van der Waals surface area contributed by atoms with Gasteiger partial charge in [-0.05, 0) is 30.5 Å². The Kier molecular flexibility index (Phi) is 6.44. The molecule has 0 aliphatic heterocycles. The molecular formula is C15H24N2O. The van der Waals surface area contributed by atoms with Crippen LogP contribution in [0.15, 0.2) is 24.3 Å². The fourth-order valence-corrected chi connectivity index (χ4v) is 1.99. The number of carbonyl (C=O) groups excluding carboxylic acids is 1.